The molecule has 1 heterocycles. The summed E-state index contributed by atoms with van der Waals surface area (Å²) in [5.41, 5.74) is 1.09. The van der Waals surface area contributed by atoms with Crippen LogP contribution in [0.15, 0.2) is 65.6 Å². The lowest BCUT2D eigenvalue weighted by Crippen LogP contribution is -2.45. The molecule has 4 heteroatoms. The van der Waals surface area contributed by atoms with Crippen LogP contribution in [-0.4, -0.2) is 30.4 Å². The Morgan fingerprint density at radius 1 is 1.08 bits per heavy atom. The highest BCUT2D eigenvalue weighted by Gasteiger charge is 2.35. The summed E-state index contributed by atoms with van der Waals surface area (Å²) >= 11 is 1.87. The van der Waals surface area contributed by atoms with Gasteiger partial charge >= 0.3 is 0 Å². The van der Waals surface area contributed by atoms with E-state index in [-0.39, 0.29) is 16.6 Å². The van der Waals surface area contributed by atoms with Crippen LogP contribution < -0.4 is 5.32 Å². The van der Waals surface area contributed by atoms with E-state index in [0.29, 0.717) is 6.54 Å². The fourth-order valence-electron chi connectivity index (χ4n) is 3.43. The highest BCUT2D eigenvalue weighted by atomic mass is 32.2. The summed E-state index contributed by atoms with van der Waals surface area (Å²) in [5.74, 6) is 0.0352. The van der Waals surface area contributed by atoms with Crippen LogP contribution in [0.2, 0.25) is 0 Å². The first-order valence-electron chi connectivity index (χ1n) is 9.37. The van der Waals surface area contributed by atoms with Gasteiger partial charge in [-0.15, -0.1) is 11.8 Å². The molecular formula is C22H27NO2S. The van der Waals surface area contributed by atoms with Crippen molar-refractivity contribution < 1.29 is 9.53 Å². The number of benzene rings is 2. The fourth-order valence-corrected chi connectivity index (χ4v) is 4.73. The Morgan fingerprint density at radius 3 is 2.31 bits per heavy atom. The molecule has 138 valence electrons. The zero-order valence-corrected chi connectivity index (χ0v) is 16.1. The molecule has 0 spiro atoms. The topological polar surface area (TPSA) is 38.3 Å². The van der Waals surface area contributed by atoms with E-state index >= 15 is 0 Å². The summed E-state index contributed by atoms with van der Waals surface area (Å²) in [7, 11) is 0. The number of ether oxygens (including phenoxy) is 1. The highest BCUT2D eigenvalue weighted by Crippen LogP contribution is 2.40. The molecule has 1 aliphatic rings. The molecule has 1 unspecified atom stereocenters. The van der Waals surface area contributed by atoms with Gasteiger partial charge in [0.2, 0.25) is 5.91 Å². The molecule has 3 rings (SSSR count). The number of nitrogens with one attached hydrogen (secondary N) is 1. The first kappa shape index (κ1) is 19.0. The van der Waals surface area contributed by atoms with Crippen molar-refractivity contribution in [3.63, 3.8) is 0 Å². The van der Waals surface area contributed by atoms with E-state index in [9.17, 15) is 4.79 Å². The minimum absolute atomic E-state index is 0.00421. The summed E-state index contributed by atoms with van der Waals surface area (Å²) in [4.78, 5) is 14.1. The van der Waals surface area contributed by atoms with Crippen LogP contribution in [0.3, 0.4) is 0 Å². The van der Waals surface area contributed by atoms with Gasteiger partial charge in [-0.25, -0.2) is 0 Å². The van der Waals surface area contributed by atoms with E-state index in [2.05, 4.69) is 36.5 Å². The molecule has 3 nitrogen and oxygen atoms in total. The van der Waals surface area contributed by atoms with E-state index in [1.165, 1.54) is 4.90 Å². The molecule has 2 aromatic carbocycles. The Bertz CT molecular complexity index is 684. The number of hydrogen-bond donors (Lipinski definition) is 1. The smallest absolute Gasteiger partial charge is 0.227 e. The summed E-state index contributed by atoms with van der Waals surface area (Å²) in [6.07, 6.45) is 2.71. The van der Waals surface area contributed by atoms with Gasteiger partial charge in [-0.2, -0.15) is 0 Å². The monoisotopic (exact) mass is 369 g/mol. The normalized spacial score (nSPS) is 17.4. The lowest BCUT2D eigenvalue weighted by atomic mass is 9.94. The third kappa shape index (κ3) is 4.89. The Balaban J connectivity index is 1.68. The van der Waals surface area contributed by atoms with Crippen LogP contribution in [0.1, 0.15) is 37.7 Å². The molecule has 0 aromatic heterocycles. The second-order valence-corrected chi connectivity index (χ2v) is 8.34. The van der Waals surface area contributed by atoms with Gasteiger partial charge in [0.25, 0.3) is 0 Å². The van der Waals surface area contributed by atoms with E-state index in [1.54, 1.807) is 0 Å². The Kier molecular flexibility index (Phi) is 6.75. The predicted octanol–water partition coefficient (Wildman–Crippen LogP) is 4.64. The maximum Gasteiger partial charge on any atom is 0.227 e. The SMILES string of the molecule is CCC(C(=O)NCC1(Sc2ccccc2)CCOCC1)c1ccccc1. The average molecular weight is 370 g/mol. The zero-order valence-electron chi connectivity index (χ0n) is 15.3. The number of carbonyl (C=O) groups excluding carboxylic acids is 1. The van der Waals surface area contributed by atoms with E-state index in [0.717, 1.165) is 38.0 Å². The molecule has 1 fully saturated rings. The van der Waals surface area contributed by atoms with Crippen molar-refractivity contribution in [3.8, 4) is 0 Å². The maximum absolute atomic E-state index is 12.9. The molecule has 1 atom stereocenters. The van der Waals surface area contributed by atoms with Gasteiger partial charge in [0, 0.05) is 29.4 Å². The van der Waals surface area contributed by atoms with Crippen molar-refractivity contribution in [2.24, 2.45) is 0 Å². The molecule has 0 radical (unpaired) electrons. The lowest BCUT2D eigenvalue weighted by molar-refractivity contribution is -0.122. The quantitative estimate of drug-likeness (QED) is 0.773. The van der Waals surface area contributed by atoms with Crippen LogP contribution in [0, 0.1) is 0 Å². The molecule has 0 saturated carbocycles. The van der Waals surface area contributed by atoms with Crippen molar-refractivity contribution in [3.05, 3.63) is 66.2 Å². The van der Waals surface area contributed by atoms with Crippen molar-refractivity contribution in [1.29, 1.82) is 0 Å². The Labute approximate surface area is 160 Å². The largest absolute Gasteiger partial charge is 0.381 e. The highest BCUT2D eigenvalue weighted by molar-refractivity contribution is 8.00. The predicted molar refractivity (Wildman–Crippen MR) is 108 cm³/mol. The minimum atomic E-state index is -0.0881. The summed E-state index contributed by atoms with van der Waals surface area (Å²) in [6.45, 7) is 4.26. The van der Waals surface area contributed by atoms with E-state index in [4.69, 9.17) is 4.74 Å². The molecule has 1 saturated heterocycles. The first-order valence-corrected chi connectivity index (χ1v) is 10.2. The van der Waals surface area contributed by atoms with Gasteiger partial charge in [-0.1, -0.05) is 55.5 Å². The van der Waals surface area contributed by atoms with Crippen LogP contribution >= 0.6 is 11.8 Å². The van der Waals surface area contributed by atoms with E-state index in [1.807, 2.05) is 48.2 Å². The summed E-state index contributed by atoms with van der Waals surface area (Å²) in [6, 6.07) is 20.5. The molecule has 1 N–H and O–H groups in total. The van der Waals surface area contributed by atoms with Crippen LogP contribution in [-0.2, 0) is 9.53 Å². The van der Waals surface area contributed by atoms with Crippen molar-refractivity contribution in [2.45, 2.75) is 41.7 Å². The summed E-state index contributed by atoms with van der Waals surface area (Å²) in [5, 5.41) is 3.25. The van der Waals surface area contributed by atoms with Gasteiger partial charge in [0.15, 0.2) is 0 Å². The van der Waals surface area contributed by atoms with Gasteiger partial charge in [-0.05, 0) is 37.0 Å². The number of hydrogen-bond acceptors (Lipinski definition) is 3. The van der Waals surface area contributed by atoms with Gasteiger partial charge in [0.1, 0.15) is 0 Å². The standard InChI is InChI=1S/C22H27NO2S/c1-2-20(18-9-5-3-6-10-18)21(24)23-17-22(13-15-25-16-14-22)26-19-11-7-4-8-12-19/h3-12,20H,2,13-17H2,1H3,(H,23,24). The second-order valence-electron chi connectivity index (χ2n) is 6.80. The van der Waals surface area contributed by atoms with Gasteiger partial charge in [0.05, 0.1) is 5.92 Å². The van der Waals surface area contributed by atoms with Crippen molar-refractivity contribution >= 4 is 17.7 Å². The Morgan fingerprint density at radius 2 is 1.69 bits per heavy atom. The number of rotatable bonds is 7. The molecular weight excluding hydrogens is 342 g/mol. The molecule has 2 aromatic rings. The third-order valence-corrected chi connectivity index (χ3v) is 6.49. The molecule has 0 aliphatic carbocycles. The first-order chi connectivity index (χ1) is 12.7. The van der Waals surface area contributed by atoms with Crippen LogP contribution in [0.25, 0.3) is 0 Å². The van der Waals surface area contributed by atoms with Crippen LogP contribution in [0.5, 0.6) is 0 Å². The second kappa shape index (κ2) is 9.24. The fraction of sp³-hybridized carbons (Fsp3) is 0.409. The maximum atomic E-state index is 12.9. The van der Waals surface area contributed by atoms with E-state index < -0.39 is 0 Å². The molecule has 0 bridgehead atoms. The van der Waals surface area contributed by atoms with Crippen molar-refractivity contribution in [2.75, 3.05) is 19.8 Å². The lowest BCUT2D eigenvalue weighted by Gasteiger charge is -2.37. The summed E-state index contributed by atoms with van der Waals surface area (Å²) < 4.78 is 5.59. The zero-order chi connectivity index (χ0) is 18.2. The Hall–Kier alpha value is -1.78. The number of amides is 1. The van der Waals surface area contributed by atoms with Crippen molar-refractivity contribution in [1.82, 2.24) is 5.32 Å². The molecule has 1 aliphatic heterocycles. The third-order valence-electron chi connectivity index (χ3n) is 4.99. The molecule has 26 heavy (non-hydrogen) atoms. The molecule has 1 amide bonds. The number of carbonyl (C=O) groups is 1. The van der Waals surface area contributed by atoms with Crippen LogP contribution in [0.4, 0.5) is 0 Å². The van der Waals surface area contributed by atoms with Gasteiger partial charge < -0.3 is 10.1 Å². The minimum Gasteiger partial charge on any atom is -0.381 e. The number of thioether (sulfide) groups is 1. The van der Waals surface area contributed by atoms with Gasteiger partial charge in [-0.3, -0.25) is 4.79 Å². The average Bonchev–Trinajstić information content (AvgIpc) is 2.69.